The lowest BCUT2D eigenvalue weighted by Gasteiger charge is -2.12. The zero-order chi connectivity index (χ0) is 11.6. The molecular formula is C12H17NO3. The highest BCUT2D eigenvalue weighted by Crippen LogP contribution is 2.47. The zero-order valence-electron chi connectivity index (χ0n) is 9.45. The van der Waals surface area contributed by atoms with Crippen molar-refractivity contribution in [1.82, 2.24) is 5.32 Å². The van der Waals surface area contributed by atoms with Crippen LogP contribution < -0.4 is 5.32 Å². The number of hydrogen-bond acceptors (Lipinski definition) is 3. The van der Waals surface area contributed by atoms with Crippen molar-refractivity contribution in [1.29, 1.82) is 0 Å². The monoisotopic (exact) mass is 223 g/mol. The van der Waals surface area contributed by atoms with Crippen LogP contribution in [0.15, 0.2) is 16.7 Å². The van der Waals surface area contributed by atoms with E-state index in [1.807, 2.05) is 0 Å². The Balaban J connectivity index is 1.85. The summed E-state index contributed by atoms with van der Waals surface area (Å²) in [5.41, 5.74) is 0.726. The summed E-state index contributed by atoms with van der Waals surface area (Å²) >= 11 is 0. The van der Waals surface area contributed by atoms with Gasteiger partial charge in [-0.25, -0.2) is 4.79 Å². The number of rotatable bonds is 6. The van der Waals surface area contributed by atoms with Crippen LogP contribution in [-0.2, 0) is 6.54 Å². The van der Waals surface area contributed by atoms with Crippen molar-refractivity contribution in [3.05, 3.63) is 23.7 Å². The molecule has 16 heavy (non-hydrogen) atoms. The summed E-state index contributed by atoms with van der Waals surface area (Å²) in [6.07, 6.45) is 5.16. The Morgan fingerprint density at radius 1 is 1.62 bits per heavy atom. The lowest BCUT2D eigenvalue weighted by molar-refractivity contribution is 0.0694. The fourth-order valence-corrected chi connectivity index (χ4v) is 1.94. The van der Waals surface area contributed by atoms with Gasteiger partial charge in [-0.15, -0.1) is 0 Å². The normalized spacial score (nSPS) is 17.3. The van der Waals surface area contributed by atoms with E-state index in [0.29, 0.717) is 17.7 Å². The first-order chi connectivity index (χ1) is 7.67. The van der Waals surface area contributed by atoms with E-state index in [1.54, 1.807) is 0 Å². The van der Waals surface area contributed by atoms with Gasteiger partial charge in [-0.05, 0) is 30.7 Å². The molecule has 1 aliphatic rings. The van der Waals surface area contributed by atoms with Crippen LogP contribution in [-0.4, -0.2) is 17.6 Å². The fourth-order valence-electron chi connectivity index (χ4n) is 1.94. The molecule has 0 aromatic carbocycles. The van der Waals surface area contributed by atoms with Crippen LogP contribution in [0.2, 0.25) is 0 Å². The first-order valence-electron chi connectivity index (χ1n) is 5.67. The number of carboxylic acid groups (broad SMARTS) is 1. The van der Waals surface area contributed by atoms with Gasteiger partial charge < -0.3 is 14.8 Å². The van der Waals surface area contributed by atoms with Crippen LogP contribution in [0.5, 0.6) is 0 Å². The molecule has 0 unspecified atom stereocenters. The van der Waals surface area contributed by atoms with Crippen LogP contribution in [0.4, 0.5) is 0 Å². The van der Waals surface area contributed by atoms with Crippen molar-refractivity contribution in [2.45, 2.75) is 32.7 Å². The van der Waals surface area contributed by atoms with E-state index in [9.17, 15) is 4.79 Å². The van der Waals surface area contributed by atoms with Gasteiger partial charge in [0.1, 0.15) is 11.3 Å². The van der Waals surface area contributed by atoms with Crippen LogP contribution in [0, 0.1) is 5.41 Å². The molecule has 2 N–H and O–H groups in total. The predicted octanol–water partition coefficient (Wildman–Crippen LogP) is 2.26. The minimum Gasteiger partial charge on any atom is -0.478 e. The minimum absolute atomic E-state index is 0.258. The number of carbonyl (C=O) groups is 1. The second kappa shape index (κ2) is 4.29. The average Bonchev–Trinajstić information content (AvgIpc) is 2.88. The van der Waals surface area contributed by atoms with Gasteiger partial charge in [-0.1, -0.05) is 6.92 Å². The number of carboxylic acids is 1. The highest BCUT2D eigenvalue weighted by atomic mass is 16.4. The van der Waals surface area contributed by atoms with Crippen molar-refractivity contribution < 1.29 is 14.3 Å². The molecule has 1 fully saturated rings. The topological polar surface area (TPSA) is 62.5 Å². The van der Waals surface area contributed by atoms with Crippen molar-refractivity contribution >= 4 is 5.97 Å². The number of hydrogen-bond donors (Lipinski definition) is 2. The van der Waals surface area contributed by atoms with Crippen LogP contribution >= 0.6 is 0 Å². The van der Waals surface area contributed by atoms with Crippen molar-refractivity contribution in [2.24, 2.45) is 5.41 Å². The summed E-state index contributed by atoms with van der Waals surface area (Å²) in [5.74, 6) is -0.415. The highest BCUT2D eigenvalue weighted by molar-refractivity contribution is 5.88. The maximum atomic E-state index is 10.8. The molecule has 1 heterocycles. The van der Waals surface area contributed by atoms with Gasteiger partial charge in [-0.3, -0.25) is 0 Å². The summed E-state index contributed by atoms with van der Waals surface area (Å²) in [7, 11) is 0. The second-order valence-electron chi connectivity index (χ2n) is 4.52. The predicted molar refractivity (Wildman–Crippen MR) is 59.3 cm³/mol. The molecule has 1 saturated carbocycles. The van der Waals surface area contributed by atoms with Gasteiger partial charge in [-0.2, -0.15) is 0 Å². The molecule has 4 heteroatoms. The first kappa shape index (κ1) is 11.2. The molecule has 0 amide bonds. The van der Waals surface area contributed by atoms with Gasteiger partial charge in [0.15, 0.2) is 0 Å². The van der Waals surface area contributed by atoms with Crippen molar-refractivity contribution in [3.8, 4) is 0 Å². The third-order valence-corrected chi connectivity index (χ3v) is 3.47. The Morgan fingerprint density at radius 2 is 2.38 bits per heavy atom. The Hall–Kier alpha value is -1.29. The van der Waals surface area contributed by atoms with Gasteiger partial charge in [0.05, 0.1) is 12.8 Å². The van der Waals surface area contributed by atoms with Crippen LogP contribution in [0.25, 0.3) is 0 Å². The molecular weight excluding hydrogens is 206 g/mol. The molecule has 0 atom stereocenters. The van der Waals surface area contributed by atoms with E-state index >= 15 is 0 Å². The van der Waals surface area contributed by atoms with Crippen LogP contribution in [0.3, 0.4) is 0 Å². The van der Waals surface area contributed by atoms with E-state index < -0.39 is 5.97 Å². The Labute approximate surface area is 94.6 Å². The molecule has 4 nitrogen and oxygen atoms in total. The average molecular weight is 223 g/mol. The van der Waals surface area contributed by atoms with E-state index in [0.717, 1.165) is 6.54 Å². The third kappa shape index (κ3) is 2.27. The summed E-state index contributed by atoms with van der Waals surface area (Å²) in [6, 6.07) is 1.49. The van der Waals surface area contributed by atoms with Gasteiger partial charge in [0, 0.05) is 6.54 Å². The molecule has 1 aliphatic carbocycles. The molecule has 0 bridgehead atoms. The zero-order valence-corrected chi connectivity index (χ0v) is 9.45. The molecule has 2 rings (SSSR count). The smallest absolute Gasteiger partial charge is 0.339 e. The molecule has 0 radical (unpaired) electrons. The largest absolute Gasteiger partial charge is 0.478 e. The number of nitrogens with one attached hydrogen (secondary N) is 1. The first-order valence-corrected chi connectivity index (χ1v) is 5.67. The molecule has 1 aromatic rings. The lowest BCUT2D eigenvalue weighted by atomic mass is 10.0. The molecule has 0 aliphatic heterocycles. The van der Waals surface area contributed by atoms with E-state index in [2.05, 4.69) is 12.2 Å². The summed E-state index contributed by atoms with van der Waals surface area (Å²) in [6.45, 7) is 3.64. The Kier molecular flexibility index (Phi) is 3.01. The standard InChI is InChI=1S/C12H17NO3/c1-2-12(4-5-12)8-13-7-10-9(11(14)15)3-6-16-10/h3,6,13H,2,4-5,7-8H2,1H3,(H,14,15). The molecule has 0 saturated heterocycles. The van der Waals surface area contributed by atoms with Gasteiger partial charge in [0.2, 0.25) is 0 Å². The highest BCUT2D eigenvalue weighted by Gasteiger charge is 2.39. The maximum Gasteiger partial charge on any atom is 0.339 e. The second-order valence-corrected chi connectivity index (χ2v) is 4.52. The minimum atomic E-state index is -0.929. The third-order valence-electron chi connectivity index (χ3n) is 3.47. The Bertz CT molecular complexity index is 379. The summed E-state index contributed by atoms with van der Waals surface area (Å²) in [5, 5.41) is 12.2. The molecule has 1 aromatic heterocycles. The van der Waals surface area contributed by atoms with Crippen molar-refractivity contribution in [2.75, 3.05) is 6.54 Å². The fraction of sp³-hybridized carbons (Fsp3) is 0.583. The lowest BCUT2D eigenvalue weighted by Crippen LogP contribution is -2.23. The Morgan fingerprint density at radius 3 is 2.94 bits per heavy atom. The van der Waals surface area contributed by atoms with Crippen molar-refractivity contribution in [3.63, 3.8) is 0 Å². The van der Waals surface area contributed by atoms with Crippen LogP contribution in [0.1, 0.15) is 42.3 Å². The van der Waals surface area contributed by atoms with E-state index in [-0.39, 0.29) is 5.56 Å². The van der Waals surface area contributed by atoms with Gasteiger partial charge in [0.25, 0.3) is 0 Å². The van der Waals surface area contributed by atoms with E-state index in [4.69, 9.17) is 9.52 Å². The molecule has 88 valence electrons. The summed E-state index contributed by atoms with van der Waals surface area (Å²) < 4.78 is 5.15. The quantitative estimate of drug-likeness (QED) is 0.776. The SMILES string of the molecule is CCC1(CNCc2occc2C(=O)O)CC1. The summed E-state index contributed by atoms with van der Waals surface area (Å²) in [4.78, 5) is 10.8. The molecule has 0 spiro atoms. The number of aromatic carboxylic acids is 1. The number of furan rings is 1. The van der Waals surface area contributed by atoms with Gasteiger partial charge >= 0.3 is 5.97 Å². The van der Waals surface area contributed by atoms with E-state index in [1.165, 1.54) is 31.6 Å². The maximum absolute atomic E-state index is 10.8.